The molecule has 1 unspecified atom stereocenters. The summed E-state index contributed by atoms with van der Waals surface area (Å²) in [6, 6.07) is 15.6. The monoisotopic (exact) mass is 599 g/mol. The number of carbonyl (C=O) groups excluding carboxylic acids is 2. The van der Waals surface area contributed by atoms with Gasteiger partial charge in [0.2, 0.25) is 0 Å². The fourth-order valence-electron chi connectivity index (χ4n) is 4.78. The summed E-state index contributed by atoms with van der Waals surface area (Å²) >= 11 is 0. The number of aliphatic hydroxyl groups is 1. The molecule has 2 aromatic carbocycles. The van der Waals surface area contributed by atoms with Crippen LogP contribution in [0.3, 0.4) is 0 Å². The second kappa shape index (κ2) is 11.0. The van der Waals surface area contributed by atoms with Crippen LogP contribution < -0.4 is 17.0 Å². The minimum absolute atomic E-state index is 0.0650. The zero-order chi connectivity index (χ0) is 30.2. The van der Waals surface area contributed by atoms with E-state index in [1.165, 1.54) is 31.2 Å². The maximum absolute atomic E-state index is 13.1. The number of aryl methyl sites for hydroxylation is 1. The number of hydrogen-bond donors (Lipinski definition) is 3. The van der Waals surface area contributed by atoms with E-state index in [0.717, 1.165) is 10.8 Å². The lowest BCUT2D eigenvalue weighted by molar-refractivity contribution is -0.115. The summed E-state index contributed by atoms with van der Waals surface area (Å²) < 4.78 is 48.3. The molecule has 3 aromatic rings. The number of aromatic amines is 1. The van der Waals surface area contributed by atoms with Crippen molar-refractivity contribution in [3.05, 3.63) is 115 Å². The number of H-pyrrole nitrogens is 1. The van der Waals surface area contributed by atoms with Gasteiger partial charge in [-0.05, 0) is 31.2 Å². The summed E-state index contributed by atoms with van der Waals surface area (Å²) in [6.45, 7) is 0.690. The molecule has 2 aliphatic rings. The summed E-state index contributed by atoms with van der Waals surface area (Å²) in [5.74, 6) is -1.72. The van der Waals surface area contributed by atoms with E-state index in [9.17, 15) is 32.7 Å². The molecule has 0 amide bonds. The van der Waals surface area contributed by atoms with Crippen LogP contribution in [0, 0.1) is 6.92 Å². The summed E-state index contributed by atoms with van der Waals surface area (Å²) in [6.07, 6.45) is -5.98. The molecule has 1 fully saturated rings. The van der Waals surface area contributed by atoms with Crippen molar-refractivity contribution in [3.8, 4) is 0 Å². The third-order valence-corrected chi connectivity index (χ3v) is 7.86. The number of nitrogens with zero attached hydrogens (tertiary/aromatic N) is 1. The first kappa shape index (κ1) is 28.9. The Morgan fingerprint density at radius 2 is 1.67 bits per heavy atom. The van der Waals surface area contributed by atoms with Crippen LogP contribution in [0.1, 0.15) is 32.5 Å². The van der Waals surface area contributed by atoms with E-state index in [1.807, 2.05) is 0 Å². The Balaban J connectivity index is 1.58. The van der Waals surface area contributed by atoms with Gasteiger partial charge in [-0.3, -0.25) is 14.3 Å². The number of esters is 2. The molecule has 0 saturated carbocycles. The molecule has 42 heavy (non-hydrogen) atoms. The number of ether oxygens (including phenoxy) is 3. The van der Waals surface area contributed by atoms with Crippen LogP contribution in [0.2, 0.25) is 0 Å². The second-order valence-corrected chi connectivity index (χ2v) is 11.0. The molecule has 3 heterocycles. The van der Waals surface area contributed by atoms with E-state index in [-0.39, 0.29) is 16.7 Å². The smallest absolute Gasteiger partial charge is 0.338 e. The van der Waals surface area contributed by atoms with E-state index in [1.54, 1.807) is 36.4 Å². The Kier molecular flexibility index (Phi) is 7.59. The van der Waals surface area contributed by atoms with Crippen molar-refractivity contribution in [1.29, 1.82) is 0 Å². The highest BCUT2D eigenvalue weighted by Gasteiger charge is 2.67. The van der Waals surface area contributed by atoms with Gasteiger partial charge in [0.15, 0.2) is 17.9 Å². The molecule has 1 spiro atoms. The predicted molar refractivity (Wildman–Crippen MR) is 143 cm³/mol. The maximum atomic E-state index is 13.1. The van der Waals surface area contributed by atoms with Crippen molar-refractivity contribution >= 4 is 22.1 Å². The van der Waals surface area contributed by atoms with Crippen LogP contribution in [0.15, 0.2) is 87.6 Å². The van der Waals surface area contributed by atoms with Gasteiger partial charge in [0, 0.05) is 11.8 Å². The zero-order valence-electron chi connectivity index (χ0n) is 21.9. The van der Waals surface area contributed by atoms with Crippen LogP contribution in [0.4, 0.5) is 0 Å². The van der Waals surface area contributed by atoms with Gasteiger partial charge < -0.3 is 25.1 Å². The molecule has 220 valence electrons. The van der Waals surface area contributed by atoms with Gasteiger partial charge in [-0.25, -0.2) is 18.6 Å². The van der Waals surface area contributed by atoms with E-state index < -0.39 is 75.8 Å². The van der Waals surface area contributed by atoms with Crippen molar-refractivity contribution in [2.75, 3.05) is 6.61 Å². The summed E-state index contributed by atoms with van der Waals surface area (Å²) in [5, 5.41) is 12.0. The van der Waals surface area contributed by atoms with E-state index in [4.69, 9.17) is 24.1 Å². The molecule has 14 nitrogen and oxygen atoms in total. The number of aromatic nitrogens is 2. The van der Waals surface area contributed by atoms with E-state index in [0.29, 0.717) is 5.41 Å². The van der Waals surface area contributed by atoms with Crippen LogP contribution >= 0.6 is 0 Å². The molecule has 5 rings (SSSR count). The number of nitrogens with two attached hydrogens (primary N) is 1. The lowest BCUT2D eigenvalue weighted by atomic mass is 9.86. The number of benzene rings is 2. The normalized spacial score (nSPS) is 25.1. The Bertz CT molecular complexity index is 1770. The number of rotatable bonds is 7. The summed E-state index contributed by atoms with van der Waals surface area (Å²) in [4.78, 5) is 52.6. The SMILES string of the molecule is Cc1cn([C@@H]2O[C@H]([C@@H](COC(=O)c3ccccc3)OC(=O)c3ccccc3)C3(OS(=O)(=O)C=C3N)[C@H]2O)c(=O)[nH]c1=O. The molecule has 4 N–H and O–H groups in total. The molecule has 1 aromatic heterocycles. The first-order valence-electron chi connectivity index (χ1n) is 12.5. The highest BCUT2D eigenvalue weighted by molar-refractivity contribution is 7.90. The molecule has 1 saturated heterocycles. The fourth-order valence-corrected chi connectivity index (χ4v) is 6.00. The lowest BCUT2D eigenvalue weighted by Gasteiger charge is -2.34. The molecular formula is C27H25N3O11S. The highest BCUT2D eigenvalue weighted by atomic mass is 32.2. The molecule has 0 aliphatic carbocycles. The average Bonchev–Trinajstić information content (AvgIpc) is 3.39. The van der Waals surface area contributed by atoms with Crippen LogP contribution in [-0.4, -0.2) is 65.5 Å². The number of hydrogen-bond acceptors (Lipinski definition) is 12. The summed E-state index contributed by atoms with van der Waals surface area (Å²) in [7, 11) is -4.49. The van der Waals surface area contributed by atoms with Gasteiger partial charge in [-0.15, -0.1) is 0 Å². The standard InChI is InChI=1S/C27H25N3O11S/c1-15-12-30(26(35)29-22(15)32)23-20(31)27(19(28)14-42(36,37)41-27)21(40-23)18(39-25(34)17-10-6-3-7-11-17)13-38-24(33)16-8-4-2-5-9-16/h2-12,14,18,20-21,23,31H,13,28H2,1H3,(H,29,32,35)/t18-,20+,21-,23-,27?/m1/s1. The largest absolute Gasteiger partial charge is 0.458 e. The van der Waals surface area contributed by atoms with Crippen LogP contribution in [0.25, 0.3) is 0 Å². The van der Waals surface area contributed by atoms with Crippen molar-refractivity contribution in [2.45, 2.75) is 37.1 Å². The zero-order valence-corrected chi connectivity index (χ0v) is 22.7. The van der Waals surface area contributed by atoms with Gasteiger partial charge in [0.25, 0.3) is 15.7 Å². The fraction of sp³-hybridized carbons (Fsp3) is 0.259. The third-order valence-electron chi connectivity index (χ3n) is 6.81. The van der Waals surface area contributed by atoms with Crippen molar-refractivity contribution in [3.63, 3.8) is 0 Å². The van der Waals surface area contributed by atoms with Crippen LogP contribution in [0.5, 0.6) is 0 Å². The molecular weight excluding hydrogens is 574 g/mol. The van der Waals surface area contributed by atoms with Gasteiger partial charge in [-0.2, -0.15) is 8.42 Å². The van der Waals surface area contributed by atoms with Crippen molar-refractivity contribution in [1.82, 2.24) is 9.55 Å². The minimum atomic E-state index is -4.49. The van der Waals surface area contributed by atoms with E-state index in [2.05, 4.69) is 4.98 Å². The second-order valence-electron chi connectivity index (χ2n) is 9.59. The van der Waals surface area contributed by atoms with E-state index >= 15 is 0 Å². The highest BCUT2D eigenvalue weighted by Crippen LogP contribution is 2.48. The Hall–Kier alpha value is -4.57. The number of aliphatic hydroxyl groups excluding tert-OH is 1. The van der Waals surface area contributed by atoms with Gasteiger partial charge in [0.1, 0.15) is 18.8 Å². The number of carbonyl (C=O) groups is 2. The maximum Gasteiger partial charge on any atom is 0.338 e. The van der Waals surface area contributed by atoms with Crippen LogP contribution in [-0.2, 0) is 28.5 Å². The molecule has 2 aliphatic heterocycles. The van der Waals surface area contributed by atoms with Gasteiger partial charge >= 0.3 is 17.6 Å². The molecule has 5 atom stereocenters. The Morgan fingerprint density at radius 3 is 2.24 bits per heavy atom. The summed E-state index contributed by atoms with van der Waals surface area (Å²) in [5.41, 5.74) is 1.80. The van der Waals surface area contributed by atoms with Crippen molar-refractivity contribution in [2.24, 2.45) is 5.73 Å². The quantitative estimate of drug-likeness (QED) is 0.244. The first-order chi connectivity index (χ1) is 19.9. The lowest BCUT2D eigenvalue weighted by Crippen LogP contribution is -2.57. The molecule has 0 radical (unpaired) electrons. The number of nitrogens with one attached hydrogen (secondary N) is 1. The predicted octanol–water partition coefficient (Wildman–Crippen LogP) is 0.0848. The van der Waals surface area contributed by atoms with Gasteiger partial charge in [0.05, 0.1) is 22.2 Å². The molecule has 0 bridgehead atoms. The first-order valence-corrected chi connectivity index (χ1v) is 14.0. The molecule has 15 heteroatoms. The average molecular weight is 600 g/mol. The topological polar surface area (TPSA) is 206 Å². The Labute approximate surface area is 238 Å². The Morgan fingerprint density at radius 1 is 1.07 bits per heavy atom. The third kappa shape index (κ3) is 5.25. The van der Waals surface area contributed by atoms with Gasteiger partial charge in [-0.1, -0.05) is 36.4 Å². The minimum Gasteiger partial charge on any atom is -0.458 e. The van der Waals surface area contributed by atoms with Crippen molar-refractivity contribution < 1.29 is 41.5 Å².